The summed E-state index contributed by atoms with van der Waals surface area (Å²) in [6.07, 6.45) is 4.03. The van der Waals surface area contributed by atoms with E-state index in [-0.39, 0.29) is 0 Å². The summed E-state index contributed by atoms with van der Waals surface area (Å²) < 4.78 is 0. The van der Waals surface area contributed by atoms with Gasteiger partial charge in [0.15, 0.2) is 0 Å². The minimum absolute atomic E-state index is 0.335. The average Bonchev–Trinajstić information content (AvgIpc) is 2.34. The van der Waals surface area contributed by atoms with Crippen LogP contribution in [0.4, 0.5) is 0 Å². The van der Waals surface area contributed by atoms with Crippen LogP contribution >= 0.6 is 0 Å². The molecule has 1 aliphatic heterocycles. The Hall–Kier alpha value is -0.0800. The Bertz CT molecular complexity index is 112. The molecule has 0 aromatic rings. The van der Waals surface area contributed by atoms with Gasteiger partial charge in [0.25, 0.3) is 0 Å². The summed E-state index contributed by atoms with van der Waals surface area (Å²) in [5.41, 5.74) is 5.75. The highest BCUT2D eigenvalue weighted by Gasteiger charge is 2.22. The van der Waals surface area contributed by atoms with Gasteiger partial charge in [-0.1, -0.05) is 6.92 Å². The predicted molar refractivity (Wildman–Crippen MR) is 48.5 cm³/mol. The fraction of sp³-hybridized carbons (Fsp3) is 1.00. The topological polar surface area (TPSA) is 29.3 Å². The molecule has 2 heteroatoms. The molecule has 1 saturated heterocycles. The second kappa shape index (κ2) is 4.07. The molecule has 1 unspecified atom stereocenters. The van der Waals surface area contributed by atoms with Crippen molar-refractivity contribution in [3.63, 3.8) is 0 Å². The van der Waals surface area contributed by atoms with Crippen LogP contribution in [0.3, 0.4) is 0 Å². The van der Waals surface area contributed by atoms with Gasteiger partial charge in [-0.25, -0.2) is 0 Å². The molecule has 1 fully saturated rings. The SMILES string of the molecule is CCC1CCCN1C[C@H](C)N. The monoisotopic (exact) mass is 156 g/mol. The van der Waals surface area contributed by atoms with Gasteiger partial charge in [0.2, 0.25) is 0 Å². The Labute approximate surface area is 69.8 Å². The maximum Gasteiger partial charge on any atom is 0.0139 e. The van der Waals surface area contributed by atoms with Gasteiger partial charge >= 0.3 is 0 Å². The van der Waals surface area contributed by atoms with Crippen LogP contribution in [0.1, 0.15) is 33.1 Å². The quantitative estimate of drug-likeness (QED) is 0.665. The Morgan fingerprint density at radius 3 is 2.91 bits per heavy atom. The molecule has 11 heavy (non-hydrogen) atoms. The van der Waals surface area contributed by atoms with Crippen molar-refractivity contribution in [3.05, 3.63) is 0 Å². The van der Waals surface area contributed by atoms with E-state index in [9.17, 15) is 0 Å². The van der Waals surface area contributed by atoms with Gasteiger partial charge in [-0.3, -0.25) is 4.90 Å². The van der Waals surface area contributed by atoms with Crippen LogP contribution in [0.15, 0.2) is 0 Å². The molecule has 2 N–H and O–H groups in total. The molecule has 0 radical (unpaired) electrons. The lowest BCUT2D eigenvalue weighted by atomic mass is 10.1. The fourth-order valence-electron chi connectivity index (χ4n) is 1.97. The number of nitrogens with two attached hydrogens (primary N) is 1. The van der Waals surface area contributed by atoms with Crippen LogP contribution in [0.2, 0.25) is 0 Å². The van der Waals surface area contributed by atoms with E-state index in [1.165, 1.54) is 25.8 Å². The number of hydrogen-bond donors (Lipinski definition) is 1. The molecule has 2 atom stereocenters. The maximum atomic E-state index is 5.75. The first-order valence-corrected chi connectivity index (χ1v) is 4.73. The van der Waals surface area contributed by atoms with E-state index in [0.717, 1.165) is 12.6 Å². The molecule has 0 bridgehead atoms. The second-order valence-electron chi connectivity index (χ2n) is 3.68. The fourth-order valence-corrected chi connectivity index (χ4v) is 1.97. The average molecular weight is 156 g/mol. The van der Waals surface area contributed by atoms with E-state index in [0.29, 0.717) is 6.04 Å². The first-order chi connectivity index (χ1) is 5.24. The highest BCUT2D eigenvalue weighted by molar-refractivity contribution is 4.79. The van der Waals surface area contributed by atoms with Crippen molar-refractivity contribution in [1.82, 2.24) is 4.90 Å². The Morgan fingerprint density at radius 1 is 1.64 bits per heavy atom. The van der Waals surface area contributed by atoms with Crippen LogP contribution in [0, 0.1) is 0 Å². The van der Waals surface area contributed by atoms with Gasteiger partial charge in [-0.05, 0) is 32.7 Å². The molecule has 0 spiro atoms. The van der Waals surface area contributed by atoms with Crippen molar-refractivity contribution >= 4 is 0 Å². The lowest BCUT2D eigenvalue weighted by molar-refractivity contribution is 0.237. The van der Waals surface area contributed by atoms with Gasteiger partial charge in [0.05, 0.1) is 0 Å². The molecule has 0 saturated carbocycles. The predicted octanol–water partition coefficient (Wildman–Crippen LogP) is 1.21. The van der Waals surface area contributed by atoms with Crippen molar-refractivity contribution in [3.8, 4) is 0 Å². The summed E-state index contributed by atoms with van der Waals surface area (Å²) in [7, 11) is 0. The third-order valence-electron chi connectivity index (χ3n) is 2.49. The van der Waals surface area contributed by atoms with E-state index >= 15 is 0 Å². The van der Waals surface area contributed by atoms with Crippen LogP contribution < -0.4 is 5.73 Å². The van der Waals surface area contributed by atoms with E-state index in [2.05, 4.69) is 18.7 Å². The first-order valence-electron chi connectivity index (χ1n) is 4.73. The minimum Gasteiger partial charge on any atom is -0.327 e. The van der Waals surface area contributed by atoms with E-state index in [4.69, 9.17) is 5.73 Å². The lowest BCUT2D eigenvalue weighted by Gasteiger charge is -2.24. The third kappa shape index (κ3) is 2.46. The zero-order valence-corrected chi connectivity index (χ0v) is 7.71. The molecule has 2 nitrogen and oxygen atoms in total. The summed E-state index contributed by atoms with van der Waals surface area (Å²) in [6, 6.07) is 1.16. The van der Waals surface area contributed by atoms with Crippen molar-refractivity contribution in [2.75, 3.05) is 13.1 Å². The normalized spacial score (nSPS) is 29.2. The summed E-state index contributed by atoms with van der Waals surface area (Å²) in [4.78, 5) is 2.53. The van der Waals surface area contributed by atoms with Gasteiger partial charge < -0.3 is 5.73 Å². The van der Waals surface area contributed by atoms with Crippen LogP contribution in [0.5, 0.6) is 0 Å². The van der Waals surface area contributed by atoms with Gasteiger partial charge in [-0.2, -0.15) is 0 Å². The molecule has 0 aromatic carbocycles. The molecule has 0 aromatic heterocycles. The largest absolute Gasteiger partial charge is 0.327 e. The standard InChI is InChI=1S/C9H20N2/c1-3-9-5-4-6-11(9)7-8(2)10/h8-9H,3-7,10H2,1-2H3/t8-,9?/m0/s1. The summed E-state index contributed by atoms with van der Waals surface area (Å²) >= 11 is 0. The summed E-state index contributed by atoms with van der Waals surface area (Å²) in [5, 5.41) is 0. The van der Waals surface area contributed by atoms with Gasteiger partial charge in [0, 0.05) is 18.6 Å². The number of rotatable bonds is 3. The second-order valence-corrected chi connectivity index (χ2v) is 3.68. The van der Waals surface area contributed by atoms with Gasteiger partial charge in [-0.15, -0.1) is 0 Å². The Kier molecular flexibility index (Phi) is 3.34. The maximum absolute atomic E-state index is 5.75. The molecule has 1 aliphatic rings. The zero-order chi connectivity index (χ0) is 8.27. The molecular weight excluding hydrogens is 136 g/mol. The van der Waals surface area contributed by atoms with Crippen molar-refractivity contribution in [2.45, 2.75) is 45.2 Å². The third-order valence-corrected chi connectivity index (χ3v) is 2.49. The lowest BCUT2D eigenvalue weighted by Crippen LogP contribution is -2.38. The van der Waals surface area contributed by atoms with Crippen molar-refractivity contribution in [2.24, 2.45) is 5.73 Å². The van der Waals surface area contributed by atoms with Crippen molar-refractivity contribution < 1.29 is 0 Å². The first kappa shape index (κ1) is 9.01. The Balaban J connectivity index is 2.31. The molecule has 0 amide bonds. The Morgan fingerprint density at radius 2 is 2.36 bits per heavy atom. The number of hydrogen-bond acceptors (Lipinski definition) is 2. The molecule has 66 valence electrons. The number of nitrogens with zero attached hydrogens (tertiary/aromatic N) is 1. The highest BCUT2D eigenvalue weighted by Crippen LogP contribution is 2.19. The zero-order valence-electron chi connectivity index (χ0n) is 7.71. The summed E-state index contributed by atoms with van der Waals surface area (Å²) in [6.45, 7) is 6.70. The van der Waals surface area contributed by atoms with E-state index in [1.807, 2.05) is 0 Å². The molecular formula is C9H20N2. The highest BCUT2D eigenvalue weighted by atomic mass is 15.2. The smallest absolute Gasteiger partial charge is 0.0139 e. The van der Waals surface area contributed by atoms with Gasteiger partial charge in [0.1, 0.15) is 0 Å². The van der Waals surface area contributed by atoms with Crippen LogP contribution in [-0.2, 0) is 0 Å². The minimum atomic E-state index is 0.335. The van der Waals surface area contributed by atoms with E-state index < -0.39 is 0 Å². The molecule has 0 aliphatic carbocycles. The van der Waals surface area contributed by atoms with Crippen molar-refractivity contribution in [1.29, 1.82) is 0 Å². The molecule has 1 rings (SSSR count). The van der Waals surface area contributed by atoms with Crippen LogP contribution in [-0.4, -0.2) is 30.1 Å². The van der Waals surface area contributed by atoms with Crippen LogP contribution in [0.25, 0.3) is 0 Å². The number of likely N-dealkylation sites (tertiary alicyclic amines) is 1. The molecule has 1 heterocycles. The summed E-state index contributed by atoms with van der Waals surface area (Å²) in [5.74, 6) is 0. The van der Waals surface area contributed by atoms with E-state index in [1.54, 1.807) is 0 Å².